The number of para-hydroxylation sites is 1. The summed E-state index contributed by atoms with van der Waals surface area (Å²) >= 11 is 1.63. The Morgan fingerprint density at radius 1 is 1.11 bits per heavy atom. The third-order valence-electron chi connectivity index (χ3n) is 6.49. The first-order valence-corrected chi connectivity index (χ1v) is 10.7. The summed E-state index contributed by atoms with van der Waals surface area (Å²) in [5, 5.41) is 2.09. The molecular formula is C22H21N3O2S. The van der Waals surface area contributed by atoms with E-state index in [9.17, 15) is 4.79 Å². The molecule has 142 valence electrons. The zero-order valence-electron chi connectivity index (χ0n) is 15.5. The maximum absolute atomic E-state index is 12.7. The highest BCUT2D eigenvalue weighted by Crippen LogP contribution is 2.45. The summed E-state index contributed by atoms with van der Waals surface area (Å²) in [6, 6.07) is 14.4. The molecule has 4 aliphatic rings. The van der Waals surface area contributed by atoms with Crippen molar-refractivity contribution in [2.45, 2.75) is 18.4 Å². The standard InChI is InChI=1S/C22H21N3O2S/c26-21-25(14-22(27-21)13-24-9-7-17(22)8-10-24)20-6-5-19(28-20)16-11-15-3-1-2-4-18(15)23-12-16/h1-6,11-12,17H,7-10,13-14H2/t22-/m0/s1. The Bertz CT molecular complexity index is 1070. The fourth-order valence-electron chi connectivity index (χ4n) is 5.01. The summed E-state index contributed by atoms with van der Waals surface area (Å²) in [4.78, 5) is 22.7. The van der Waals surface area contributed by atoms with Crippen LogP contribution in [0.4, 0.5) is 9.80 Å². The lowest BCUT2D eigenvalue weighted by molar-refractivity contribution is -0.0881. The minimum atomic E-state index is -0.317. The highest BCUT2D eigenvalue weighted by molar-refractivity contribution is 7.19. The number of carbonyl (C=O) groups is 1. The molecule has 0 aliphatic carbocycles. The van der Waals surface area contributed by atoms with Crippen LogP contribution >= 0.6 is 11.3 Å². The van der Waals surface area contributed by atoms with E-state index in [4.69, 9.17) is 4.74 Å². The maximum atomic E-state index is 12.7. The van der Waals surface area contributed by atoms with Gasteiger partial charge in [0.15, 0.2) is 0 Å². The van der Waals surface area contributed by atoms with Gasteiger partial charge in [0.05, 0.1) is 12.1 Å². The first kappa shape index (κ1) is 16.5. The molecule has 1 atom stereocenters. The molecule has 0 saturated carbocycles. The topological polar surface area (TPSA) is 45.7 Å². The van der Waals surface area contributed by atoms with Crippen molar-refractivity contribution in [3.63, 3.8) is 0 Å². The number of amides is 1. The maximum Gasteiger partial charge on any atom is 0.415 e. The van der Waals surface area contributed by atoms with E-state index in [1.807, 2.05) is 35.4 Å². The monoisotopic (exact) mass is 391 g/mol. The molecule has 6 heteroatoms. The number of hydrogen-bond acceptors (Lipinski definition) is 5. The van der Waals surface area contributed by atoms with Crippen LogP contribution < -0.4 is 4.90 Å². The Hall–Kier alpha value is -2.44. The van der Waals surface area contributed by atoms with Crippen LogP contribution in [0.25, 0.3) is 21.3 Å². The predicted molar refractivity (Wildman–Crippen MR) is 111 cm³/mol. The van der Waals surface area contributed by atoms with E-state index in [0.717, 1.165) is 58.8 Å². The van der Waals surface area contributed by atoms with E-state index < -0.39 is 0 Å². The molecule has 28 heavy (non-hydrogen) atoms. The fourth-order valence-corrected chi connectivity index (χ4v) is 5.99. The smallest absolute Gasteiger partial charge is 0.415 e. The van der Waals surface area contributed by atoms with Crippen molar-refractivity contribution in [3.05, 3.63) is 48.7 Å². The molecule has 1 spiro atoms. The highest BCUT2D eigenvalue weighted by Gasteiger charge is 2.55. The van der Waals surface area contributed by atoms with Crippen LogP contribution in [0.2, 0.25) is 0 Å². The van der Waals surface area contributed by atoms with Gasteiger partial charge in [0.2, 0.25) is 0 Å². The van der Waals surface area contributed by atoms with Crippen molar-refractivity contribution >= 4 is 33.3 Å². The van der Waals surface area contributed by atoms with Crippen molar-refractivity contribution in [2.24, 2.45) is 5.92 Å². The number of carbonyl (C=O) groups excluding carboxylic acids is 1. The van der Waals surface area contributed by atoms with E-state index in [-0.39, 0.29) is 11.7 Å². The quantitative estimate of drug-likeness (QED) is 0.650. The summed E-state index contributed by atoms with van der Waals surface area (Å²) < 4.78 is 6.00. The second kappa shape index (κ2) is 6.03. The summed E-state index contributed by atoms with van der Waals surface area (Å²) in [5.74, 6) is 0.496. The number of rotatable bonds is 2. The van der Waals surface area contributed by atoms with Gasteiger partial charge < -0.3 is 4.74 Å². The lowest BCUT2D eigenvalue weighted by Gasteiger charge is -2.49. The Kier molecular flexibility index (Phi) is 3.55. The number of fused-ring (bicyclic) bond motifs is 3. The van der Waals surface area contributed by atoms with Gasteiger partial charge in [-0.3, -0.25) is 14.8 Å². The van der Waals surface area contributed by atoms with Gasteiger partial charge in [0.1, 0.15) is 10.6 Å². The van der Waals surface area contributed by atoms with Crippen molar-refractivity contribution < 1.29 is 9.53 Å². The molecule has 7 rings (SSSR count). The summed E-state index contributed by atoms with van der Waals surface area (Å²) in [5.41, 5.74) is 1.76. The van der Waals surface area contributed by atoms with Gasteiger partial charge >= 0.3 is 6.09 Å². The van der Waals surface area contributed by atoms with Crippen LogP contribution in [0.15, 0.2) is 48.7 Å². The second-order valence-electron chi connectivity index (χ2n) is 8.12. The van der Waals surface area contributed by atoms with Crippen molar-refractivity contribution in [3.8, 4) is 10.4 Å². The number of piperidine rings is 3. The van der Waals surface area contributed by atoms with Crippen LogP contribution in [0.3, 0.4) is 0 Å². The summed E-state index contributed by atoms with van der Waals surface area (Å²) in [7, 11) is 0. The molecule has 4 aliphatic heterocycles. The summed E-state index contributed by atoms with van der Waals surface area (Å²) in [6.45, 7) is 3.83. The van der Waals surface area contributed by atoms with Crippen LogP contribution in [0.5, 0.6) is 0 Å². The van der Waals surface area contributed by atoms with Crippen LogP contribution in [-0.4, -0.2) is 47.8 Å². The van der Waals surface area contributed by atoms with Gasteiger partial charge in [0.25, 0.3) is 0 Å². The third kappa shape index (κ3) is 2.48. The van der Waals surface area contributed by atoms with Gasteiger partial charge in [-0.25, -0.2) is 4.79 Å². The Labute approximate surface area is 167 Å². The normalized spacial score (nSPS) is 29.0. The highest BCUT2D eigenvalue weighted by atomic mass is 32.1. The molecule has 0 N–H and O–H groups in total. The first-order chi connectivity index (χ1) is 13.7. The molecule has 2 bridgehead atoms. The minimum Gasteiger partial charge on any atom is -0.439 e. The molecular weight excluding hydrogens is 370 g/mol. The predicted octanol–water partition coefficient (Wildman–Crippen LogP) is 4.38. The van der Waals surface area contributed by atoms with Crippen LogP contribution in [0, 0.1) is 5.92 Å². The van der Waals surface area contributed by atoms with Gasteiger partial charge in [-0.15, -0.1) is 11.3 Å². The van der Waals surface area contributed by atoms with E-state index >= 15 is 0 Å². The molecule has 0 radical (unpaired) electrons. The van der Waals surface area contributed by atoms with Crippen LogP contribution in [0.1, 0.15) is 12.8 Å². The molecule has 1 amide bonds. The van der Waals surface area contributed by atoms with Crippen molar-refractivity contribution in [1.82, 2.24) is 9.88 Å². The lowest BCUT2D eigenvalue weighted by atomic mass is 9.75. The average molecular weight is 391 g/mol. The number of nitrogens with zero attached hydrogens (tertiary/aromatic N) is 3. The minimum absolute atomic E-state index is 0.196. The zero-order valence-corrected chi connectivity index (χ0v) is 16.3. The lowest BCUT2D eigenvalue weighted by Crippen LogP contribution is -2.61. The zero-order chi connectivity index (χ0) is 18.7. The molecule has 6 heterocycles. The molecule has 4 fully saturated rings. The molecule has 0 unspecified atom stereocenters. The number of hydrogen-bond donors (Lipinski definition) is 0. The van der Waals surface area contributed by atoms with Crippen LogP contribution in [-0.2, 0) is 4.74 Å². The number of benzene rings is 1. The van der Waals surface area contributed by atoms with Gasteiger partial charge in [-0.2, -0.15) is 0 Å². The number of thiophene rings is 1. The molecule has 5 nitrogen and oxygen atoms in total. The van der Waals surface area contributed by atoms with Crippen molar-refractivity contribution in [2.75, 3.05) is 31.1 Å². The average Bonchev–Trinajstić information content (AvgIpc) is 3.33. The first-order valence-electron chi connectivity index (χ1n) is 9.88. The molecule has 3 aromatic rings. The Morgan fingerprint density at radius 3 is 2.79 bits per heavy atom. The van der Waals surface area contributed by atoms with E-state index in [0.29, 0.717) is 12.5 Å². The number of pyridine rings is 1. The molecule has 4 saturated heterocycles. The van der Waals surface area contributed by atoms with Crippen molar-refractivity contribution in [1.29, 1.82) is 0 Å². The second-order valence-corrected chi connectivity index (χ2v) is 9.19. The number of ether oxygens (including phenoxy) is 1. The van der Waals surface area contributed by atoms with Gasteiger partial charge in [-0.05, 0) is 50.2 Å². The van der Waals surface area contributed by atoms with E-state index in [1.165, 1.54) is 0 Å². The van der Waals surface area contributed by atoms with Gasteiger partial charge in [-0.1, -0.05) is 18.2 Å². The Morgan fingerprint density at radius 2 is 1.96 bits per heavy atom. The molecule has 2 aromatic heterocycles. The third-order valence-corrected chi connectivity index (χ3v) is 7.65. The van der Waals surface area contributed by atoms with Gasteiger partial charge in [0, 0.05) is 34.5 Å². The fraction of sp³-hybridized carbons (Fsp3) is 0.364. The van der Waals surface area contributed by atoms with E-state index in [1.54, 1.807) is 11.3 Å². The van der Waals surface area contributed by atoms with E-state index in [2.05, 4.69) is 28.1 Å². The summed E-state index contributed by atoms with van der Waals surface area (Å²) in [6.07, 6.45) is 3.99. The number of aromatic nitrogens is 1. The molecule has 1 aromatic carbocycles. The SMILES string of the molecule is O=C1O[C@@]2(CN3CCC2CC3)CN1c1ccc(-c2cnc3ccccc3c2)s1. The largest absolute Gasteiger partial charge is 0.439 e. The number of anilines is 1. The Balaban J connectivity index is 1.30.